The zero-order valence-corrected chi connectivity index (χ0v) is 27.1. The summed E-state index contributed by atoms with van der Waals surface area (Å²) in [6.07, 6.45) is -0.179. The van der Waals surface area contributed by atoms with E-state index in [-0.39, 0.29) is 29.6 Å². The number of fused-ring (bicyclic) bond motifs is 1. The predicted molar refractivity (Wildman–Crippen MR) is 175 cm³/mol. The SMILES string of the molecule is COc1cc2c(cc1OC)CN(C[C@@H]1O[C@H](c3ccc(NS(=O)(=O)c4ccccc4)cc3)O[C@H](c3ccc(CO)cc3)[C@@H]1C)CC2. The number of aliphatic hydroxyl groups is 1. The smallest absolute Gasteiger partial charge is 0.261 e. The van der Waals surface area contributed by atoms with Gasteiger partial charge in [-0.05, 0) is 65.1 Å². The lowest BCUT2D eigenvalue weighted by Crippen LogP contribution is -2.45. The molecule has 46 heavy (non-hydrogen) atoms. The monoisotopic (exact) mass is 644 g/mol. The number of anilines is 1. The summed E-state index contributed by atoms with van der Waals surface area (Å²) in [7, 11) is -0.404. The summed E-state index contributed by atoms with van der Waals surface area (Å²) >= 11 is 0. The van der Waals surface area contributed by atoms with Gasteiger partial charge in [0.2, 0.25) is 0 Å². The molecule has 0 unspecified atom stereocenters. The fraction of sp³-hybridized carbons (Fsp3) is 0.333. The minimum absolute atomic E-state index is 0.0246. The number of benzene rings is 4. The van der Waals surface area contributed by atoms with Crippen LogP contribution in [0.3, 0.4) is 0 Å². The first-order valence-corrected chi connectivity index (χ1v) is 16.9. The maximum absolute atomic E-state index is 12.9. The molecule has 10 heteroatoms. The second-order valence-corrected chi connectivity index (χ2v) is 13.5. The van der Waals surface area contributed by atoms with Crippen LogP contribution >= 0.6 is 0 Å². The molecule has 2 N–H and O–H groups in total. The average molecular weight is 645 g/mol. The third-order valence-electron chi connectivity index (χ3n) is 8.85. The van der Waals surface area contributed by atoms with Crippen molar-refractivity contribution in [3.05, 3.63) is 119 Å². The van der Waals surface area contributed by atoms with E-state index in [9.17, 15) is 13.5 Å². The summed E-state index contributed by atoms with van der Waals surface area (Å²) in [4.78, 5) is 2.60. The molecule has 4 aromatic carbocycles. The van der Waals surface area contributed by atoms with Crippen molar-refractivity contribution in [1.82, 2.24) is 4.90 Å². The molecule has 0 saturated carbocycles. The van der Waals surface area contributed by atoms with Gasteiger partial charge in [0.15, 0.2) is 17.8 Å². The van der Waals surface area contributed by atoms with Crippen molar-refractivity contribution in [2.75, 3.05) is 32.0 Å². The van der Waals surface area contributed by atoms with Gasteiger partial charge in [0, 0.05) is 36.8 Å². The first-order valence-electron chi connectivity index (χ1n) is 15.4. The normalized spacial score (nSPS) is 21.7. The van der Waals surface area contributed by atoms with Crippen molar-refractivity contribution in [3.8, 4) is 11.5 Å². The fourth-order valence-electron chi connectivity index (χ4n) is 6.20. The lowest BCUT2D eigenvalue weighted by atomic mass is 9.89. The Kier molecular flexibility index (Phi) is 9.62. The average Bonchev–Trinajstić information content (AvgIpc) is 3.09. The van der Waals surface area contributed by atoms with Gasteiger partial charge in [0.05, 0.1) is 37.9 Å². The molecule has 6 rings (SSSR count). The molecule has 0 radical (unpaired) electrons. The molecule has 4 atom stereocenters. The molecule has 9 nitrogen and oxygen atoms in total. The van der Waals surface area contributed by atoms with Gasteiger partial charge in [-0.25, -0.2) is 8.42 Å². The molecular formula is C36H40N2O7S. The molecule has 1 saturated heterocycles. The zero-order chi connectivity index (χ0) is 32.3. The third kappa shape index (κ3) is 6.91. The molecule has 1 fully saturated rings. The van der Waals surface area contributed by atoms with Gasteiger partial charge in [-0.1, -0.05) is 61.5 Å². The van der Waals surface area contributed by atoms with Crippen molar-refractivity contribution in [3.63, 3.8) is 0 Å². The first-order chi connectivity index (χ1) is 22.3. The summed E-state index contributed by atoms with van der Waals surface area (Å²) in [6.45, 7) is 4.48. The Morgan fingerprint density at radius 2 is 1.52 bits per heavy atom. The van der Waals surface area contributed by atoms with Crippen molar-refractivity contribution < 1.29 is 32.5 Å². The highest BCUT2D eigenvalue weighted by atomic mass is 32.2. The van der Waals surface area contributed by atoms with E-state index in [1.165, 1.54) is 11.1 Å². The van der Waals surface area contributed by atoms with Gasteiger partial charge in [-0.15, -0.1) is 0 Å². The highest BCUT2D eigenvalue weighted by Gasteiger charge is 2.39. The van der Waals surface area contributed by atoms with E-state index >= 15 is 0 Å². The summed E-state index contributed by atoms with van der Waals surface area (Å²) < 4.78 is 52.7. The van der Waals surface area contributed by atoms with E-state index in [0.717, 1.165) is 47.7 Å². The third-order valence-corrected chi connectivity index (χ3v) is 10.2. The van der Waals surface area contributed by atoms with Crippen LogP contribution in [0.15, 0.2) is 95.9 Å². The van der Waals surface area contributed by atoms with Crippen LogP contribution in [0.25, 0.3) is 0 Å². The standard InChI is InChI=1S/C36H40N2O7S/c1-24-34(22-38-18-17-28-19-32(42-2)33(43-3)20-29(28)21-38)44-36(45-35(24)26-11-9-25(23-39)10-12-26)27-13-15-30(16-14-27)37-46(40,41)31-7-5-4-6-8-31/h4-16,19-20,24,34-37,39H,17-18,21-23H2,1-3H3/t24-,34+,35+,36+/m1/s1. The van der Waals surface area contributed by atoms with E-state index in [1.54, 1.807) is 56.7 Å². The Morgan fingerprint density at radius 1 is 0.870 bits per heavy atom. The van der Waals surface area contributed by atoms with E-state index in [0.29, 0.717) is 12.2 Å². The maximum atomic E-state index is 12.9. The summed E-state index contributed by atoms with van der Waals surface area (Å²) in [5, 5.41) is 9.58. The number of aliphatic hydroxyl groups excluding tert-OH is 1. The zero-order valence-electron chi connectivity index (χ0n) is 26.3. The number of rotatable bonds is 10. The van der Waals surface area contributed by atoms with E-state index in [2.05, 4.69) is 28.7 Å². The minimum Gasteiger partial charge on any atom is -0.493 e. The number of hydrogen-bond donors (Lipinski definition) is 2. The van der Waals surface area contributed by atoms with E-state index in [1.807, 2.05) is 36.4 Å². The highest BCUT2D eigenvalue weighted by Crippen LogP contribution is 2.42. The van der Waals surface area contributed by atoms with Gasteiger partial charge in [-0.2, -0.15) is 0 Å². The number of sulfonamides is 1. The minimum atomic E-state index is -3.71. The molecule has 2 aliphatic rings. The molecule has 2 aliphatic heterocycles. The number of nitrogens with one attached hydrogen (secondary N) is 1. The van der Waals surface area contributed by atoms with Crippen molar-refractivity contribution in [2.45, 2.75) is 49.9 Å². The second kappa shape index (κ2) is 13.8. The van der Waals surface area contributed by atoms with E-state index < -0.39 is 16.3 Å². The van der Waals surface area contributed by atoms with Crippen molar-refractivity contribution in [1.29, 1.82) is 0 Å². The first kappa shape index (κ1) is 32.0. The lowest BCUT2D eigenvalue weighted by Gasteiger charge is -2.43. The molecule has 0 aromatic heterocycles. The molecule has 0 amide bonds. The molecular weight excluding hydrogens is 604 g/mol. The fourth-order valence-corrected chi connectivity index (χ4v) is 7.28. The Labute approximate surface area is 270 Å². The maximum Gasteiger partial charge on any atom is 0.261 e. The number of methoxy groups -OCH3 is 2. The topological polar surface area (TPSA) is 107 Å². The van der Waals surface area contributed by atoms with Crippen LogP contribution in [-0.4, -0.2) is 51.8 Å². The van der Waals surface area contributed by atoms with Crippen molar-refractivity contribution >= 4 is 15.7 Å². The van der Waals surface area contributed by atoms with Crippen LogP contribution < -0.4 is 14.2 Å². The molecule has 242 valence electrons. The van der Waals surface area contributed by atoms with Crippen LogP contribution in [-0.2, 0) is 39.1 Å². The van der Waals surface area contributed by atoms with Gasteiger partial charge in [0.25, 0.3) is 10.0 Å². The molecule has 4 aromatic rings. The number of nitrogens with zero attached hydrogens (tertiary/aromatic N) is 1. The molecule has 2 heterocycles. The van der Waals surface area contributed by atoms with Crippen LogP contribution in [0.5, 0.6) is 11.5 Å². The lowest BCUT2D eigenvalue weighted by molar-refractivity contribution is -0.276. The summed E-state index contributed by atoms with van der Waals surface area (Å²) in [6, 6.07) is 27.4. The highest BCUT2D eigenvalue weighted by molar-refractivity contribution is 7.92. The Balaban J connectivity index is 1.23. The molecule has 0 aliphatic carbocycles. The number of ether oxygens (including phenoxy) is 4. The second-order valence-electron chi connectivity index (χ2n) is 11.8. The van der Waals surface area contributed by atoms with Crippen LogP contribution in [0.4, 0.5) is 5.69 Å². The van der Waals surface area contributed by atoms with Gasteiger partial charge in [-0.3, -0.25) is 9.62 Å². The summed E-state index contributed by atoms with van der Waals surface area (Å²) in [5.41, 5.74) is 5.56. The van der Waals surface area contributed by atoms with Crippen LogP contribution in [0, 0.1) is 5.92 Å². The molecule has 0 spiro atoms. The van der Waals surface area contributed by atoms with Gasteiger partial charge < -0.3 is 24.1 Å². The Hall–Kier alpha value is -3.93. The van der Waals surface area contributed by atoms with Crippen LogP contribution in [0.1, 0.15) is 47.1 Å². The molecule has 0 bridgehead atoms. The van der Waals surface area contributed by atoms with Crippen LogP contribution in [0.2, 0.25) is 0 Å². The van der Waals surface area contributed by atoms with E-state index in [4.69, 9.17) is 18.9 Å². The Morgan fingerprint density at radius 3 is 2.17 bits per heavy atom. The predicted octanol–water partition coefficient (Wildman–Crippen LogP) is 5.85. The van der Waals surface area contributed by atoms with Gasteiger partial charge >= 0.3 is 0 Å². The summed E-state index contributed by atoms with van der Waals surface area (Å²) in [5.74, 6) is 1.49. The van der Waals surface area contributed by atoms with Gasteiger partial charge in [0.1, 0.15) is 0 Å². The quantitative estimate of drug-likeness (QED) is 0.222. The Bertz CT molecular complexity index is 1730. The number of hydrogen-bond acceptors (Lipinski definition) is 8. The largest absolute Gasteiger partial charge is 0.493 e. The van der Waals surface area contributed by atoms with Crippen molar-refractivity contribution in [2.24, 2.45) is 5.92 Å².